The number of ether oxygens (including phenoxy) is 1. The van der Waals surface area contributed by atoms with E-state index in [1.54, 1.807) is 12.1 Å². The third kappa shape index (κ3) is 6.22. The highest BCUT2D eigenvalue weighted by molar-refractivity contribution is 7.92. The lowest BCUT2D eigenvalue weighted by atomic mass is 10.2. The number of hydrogen-bond acceptors (Lipinski definition) is 5. The third-order valence-corrected chi connectivity index (χ3v) is 6.98. The van der Waals surface area contributed by atoms with Gasteiger partial charge in [0, 0.05) is 12.2 Å². The van der Waals surface area contributed by atoms with Gasteiger partial charge in [-0.3, -0.25) is 4.72 Å². The fourth-order valence-corrected chi connectivity index (χ4v) is 4.65. The second-order valence-electron chi connectivity index (χ2n) is 6.26. The van der Waals surface area contributed by atoms with Crippen LogP contribution in [0.15, 0.2) is 58.3 Å². The van der Waals surface area contributed by atoms with Crippen molar-refractivity contribution in [1.82, 2.24) is 4.72 Å². The molecule has 2 N–H and O–H groups in total. The Morgan fingerprint density at radius 2 is 1.36 bits per heavy atom. The highest BCUT2D eigenvalue weighted by atomic mass is 32.2. The maximum atomic E-state index is 12.4. The minimum Gasteiger partial charge on any atom is -0.497 e. The fourth-order valence-electron chi connectivity index (χ4n) is 2.51. The van der Waals surface area contributed by atoms with Crippen molar-refractivity contribution in [2.75, 3.05) is 18.4 Å². The molecule has 0 aliphatic carbocycles. The van der Waals surface area contributed by atoms with Crippen molar-refractivity contribution in [3.8, 4) is 5.75 Å². The van der Waals surface area contributed by atoms with Gasteiger partial charge in [0.1, 0.15) is 5.75 Å². The van der Waals surface area contributed by atoms with E-state index < -0.39 is 20.0 Å². The molecule has 0 heterocycles. The molecule has 0 radical (unpaired) electrons. The zero-order valence-electron chi connectivity index (χ0n) is 16.0. The molecule has 0 saturated carbocycles. The van der Waals surface area contributed by atoms with Gasteiger partial charge in [-0.1, -0.05) is 26.2 Å². The molecule has 0 unspecified atom stereocenters. The van der Waals surface area contributed by atoms with Gasteiger partial charge in [0.05, 0.1) is 16.9 Å². The standard InChI is InChI=1S/C19H26N2O5S2/c1-3-4-5-6-15-20-27(22,23)18-11-7-16(8-12-18)21-28(24,25)19-13-9-17(26-2)10-14-19/h7-14,20-21H,3-6,15H2,1-2H3. The SMILES string of the molecule is CCCCCCNS(=O)(=O)c1ccc(NS(=O)(=O)c2ccc(OC)cc2)cc1. The van der Waals surface area contributed by atoms with Crippen molar-refractivity contribution in [3.63, 3.8) is 0 Å². The van der Waals surface area contributed by atoms with E-state index in [1.807, 2.05) is 0 Å². The lowest BCUT2D eigenvalue weighted by Crippen LogP contribution is -2.24. The van der Waals surface area contributed by atoms with Crippen LogP contribution in [-0.4, -0.2) is 30.5 Å². The Hall–Kier alpha value is -2.10. The molecular formula is C19H26N2O5S2. The Kier molecular flexibility index (Phi) is 7.85. The van der Waals surface area contributed by atoms with Crippen molar-refractivity contribution in [1.29, 1.82) is 0 Å². The third-order valence-electron chi connectivity index (χ3n) is 4.11. The van der Waals surface area contributed by atoms with E-state index in [1.165, 1.54) is 43.5 Å². The molecule has 0 atom stereocenters. The summed E-state index contributed by atoms with van der Waals surface area (Å²) in [6.07, 6.45) is 3.92. The first-order chi connectivity index (χ1) is 13.3. The molecule has 0 aromatic heterocycles. The number of unbranched alkanes of at least 4 members (excludes halogenated alkanes) is 3. The van der Waals surface area contributed by atoms with Gasteiger partial charge in [0.15, 0.2) is 0 Å². The summed E-state index contributed by atoms with van der Waals surface area (Å²) in [4.78, 5) is 0.175. The Bertz CT molecular complexity index is 954. The molecule has 2 rings (SSSR count). The highest BCUT2D eigenvalue weighted by Crippen LogP contribution is 2.20. The average molecular weight is 427 g/mol. The monoisotopic (exact) mass is 426 g/mol. The van der Waals surface area contributed by atoms with Gasteiger partial charge in [-0.15, -0.1) is 0 Å². The van der Waals surface area contributed by atoms with Gasteiger partial charge in [0.25, 0.3) is 10.0 Å². The quantitative estimate of drug-likeness (QED) is 0.537. The summed E-state index contributed by atoms with van der Waals surface area (Å²) in [5, 5.41) is 0. The average Bonchev–Trinajstić information content (AvgIpc) is 2.68. The van der Waals surface area contributed by atoms with Crippen LogP contribution in [0, 0.1) is 0 Å². The van der Waals surface area contributed by atoms with Crippen molar-refractivity contribution >= 4 is 25.7 Å². The number of rotatable bonds is 11. The van der Waals surface area contributed by atoms with E-state index in [0.29, 0.717) is 12.3 Å². The van der Waals surface area contributed by atoms with Gasteiger partial charge in [-0.2, -0.15) is 0 Å². The Morgan fingerprint density at radius 1 is 0.786 bits per heavy atom. The molecular weight excluding hydrogens is 400 g/mol. The molecule has 0 spiro atoms. The molecule has 0 fully saturated rings. The second-order valence-corrected chi connectivity index (χ2v) is 9.71. The molecule has 154 valence electrons. The zero-order valence-corrected chi connectivity index (χ0v) is 17.6. The van der Waals surface area contributed by atoms with Crippen LogP contribution in [-0.2, 0) is 20.0 Å². The molecule has 9 heteroatoms. The van der Waals surface area contributed by atoms with E-state index in [-0.39, 0.29) is 15.5 Å². The summed E-state index contributed by atoms with van der Waals surface area (Å²) in [5.74, 6) is 0.552. The van der Waals surface area contributed by atoms with Crippen LogP contribution in [0.2, 0.25) is 0 Å². The fraction of sp³-hybridized carbons (Fsp3) is 0.368. The second kappa shape index (κ2) is 9.90. The topological polar surface area (TPSA) is 102 Å². The smallest absolute Gasteiger partial charge is 0.261 e. The number of methoxy groups -OCH3 is 1. The Balaban J connectivity index is 2.03. The van der Waals surface area contributed by atoms with Crippen LogP contribution >= 0.6 is 0 Å². The predicted molar refractivity (Wildman–Crippen MR) is 110 cm³/mol. The summed E-state index contributed by atoms with van der Waals surface area (Å²) in [5.41, 5.74) is 0.276. The van der Waals surface area contributed by atoms with Gasteiger partial charge >= 0.3 is 0 Å². The molecule has 7 nitrogen and oxygen atoms in total. The van der Waals surface area contributed by atoms with E-state index in [2.05, 4.69) is 16.4 Å². The van der Waals surface area contributed by atoms with Crippen LogP contribution in [0.4, 0.5) is 5.69 Å². The summed E-state index contributed by atoms with van der Waals surface area (Å²) in [7, 11) is -5.89. The Labute approximate surface area is 167 Å². The minimum atomic E-state index is -3.78. The van der Waals surface area contributed by atoms with Crippen LogP contribution in [0.25, 0.3) is 0 Å². The summed E-state index contributed by atoms with van der Waals surface area (Å²) < 4.78 is 59.4. The summed E-state index contributed by atoms with van der Waals surface area (Å²) in [6, 6.07) is 11.6. The summed E-state index contributed by atoms with van der Waals surface area (Å²) in [6.45, 7) is 2.47. The first kappa shape index (κ1) is 22.2. The number of sulfonamides is 2. The molecule has 2 aromatic rings. The lowest BCUT2D eigenvalue weighted by Gasteiger charge is -2.10. The Morgan fingerprint density at radius 3 is 1.93 bits per heavy atom. The molecule has 0 bridgehead atoms. The van der Waals surface area contributed by atoms with E-state index in [9.17, 15) is 16.8 Å². The van der Waals surface area contributed by atoms with Gasteiger partial charge in [-0.05, 0) is 55.0 Å². The molecule has 2 aromatic carbocycles. The van der Waals surface area contributed by atoms with Crippen molar-refractivity contribution < 1.29 is 21.6 Å². The maximum absolute atomic E-state index is 12.4. The van der Waals surface area contributed by atoms with Crippen LogP contribution in [0.1, 0.15) is 32.6 Å². The van der Waals surface area contributed by atoms with E-state index in [0.717, 1.165) is 25.7 Å². The van der Waals surface area contributed by atoms with Gasteiger partial charge < -0.3 is 4.74 Å². The minimum absolute atomic E-state index is 0.0822. The van der Waals surface area contributed by atoms with Crippen molar-refractivity contribution in [2.45, 2.75) is 42.4 Å². The van der Waals surface area contributed by atoms with Crippen molar-refractivity contribution in [3.05, 3.63) is 48.5 Å². The molecule has 0 amide bonds. The van der Waals surface area contributed by atoms with Crippen LogP contribution < -0.4 is 14.2 Å². The zero-order chi connectivity index (χ0) is 20.6. The number of benzene rings is 2. The predicted octanol–water partition coefficient (Wildman–Crippen LogP) is 3.35. The van der Waals surface area contributed by atoms with Gasteiger partial charge in [0.2, 0.25) is 10.0 Å². The number of hydrogen-bond donors (Lipinski definition) is 2. The van der Waals surface area contributed by atoms with E-state index >= 15 is 0 Å². The van der Waals surface area contributed by atoms with Crippen LogP contribution in [0.3, 0.4) is 0 Å². The highest BCUT2D eigenvalue weighted by Gasteiger charge is 2.16. The molecule has 0 aliphatic rings. The maximum Gasteiger partial charge on any atom is 0.261 e. The first-order valence-electron chi connectivity index (χ1n) is 9.05. The van der Waals surface area contributed by atoms with Crippen molar-refractivity contribution in [2.24, 2.45) is 0 Å². The number of nitrogens with one attached hydrogen (secondary N) is 2. The van der Waals surface area contributed by atoms with Gasteiger partial charge in [-0.25, -0.2) is 21.6 Å². The lowest BCUT2D eigenvalue weighted by molar-refractivity contribution is 0.414. The molecule has 0 aliphatic heterocycles. The normalized spacial score (nSPS) is 11.9. The number of anilines is 1. The summed E-state index contributed by atoms with van der Waals surface area (Å²) >= 11 is 0. The first-order valence-corrected chi connectivity index (χ1v) is 12.0. The largest absolute Gasteiger partial charge is 0.497 e. The molecule has 28 heavy (non-hydrogen) atoms. The van der Waals surface area contributed by atoms with Crippen LogP contribution in [0.5, 0.6) is 5.75 Å². The molecule has 0 saturated heterocycles. The van der Waals surface area contributed by atoms with E-state index in [4.69, 9.17) is 4.74 Å².